The molecule has 0 aromatic carbocycles. The van der Waals surface area contributed by atoms with Crippen LogP contribution < -0.4 is 0 Å². The zero-order valence-electron chi connectivity index (χ0n) is 13.6. The molecule has 22 heavy (non-hydrogen) atoms. The number of rotatable bonds is 4. The van der Waals surface area contributed by atoms with Gasteiger partial charge >= 0.3 is 0 Å². The third-order valence-corrected chi connectivity index (χ3v) is 4.92. The van der Waals surface area contributed by atoms with Crippen LogP contribution in [0.1, 0.15) is 50.8 Å². The Kier molecular flexibility index (Phi) is 5.08. The van der Waals surface area contributed by atoms with Crippen LogP contribution in [0.5, 0.6) is 0 Å². The van der Waals surface area contributed by atoms with Gasteiger partial charge in [0.05, 0.1) is 6.54 Å². The summed E-state index contributed by atoms with van der Waals surface area (Å²) in [5.74, 6) is 1.79. The average Bonchev–Trinajstić information content (AvgIpc) is 3.04. The summed E-state index contributed by atoms with van der Waals surface area (Å²) in [5.41, 5.74) is 0. The highest BCUT2D eigenvalue weighted by atomic mass is 16.2. The number of aryl methyl sites for hydroxylation is 1. The lowest BCUT2D eigenvalue weighted by Gasteiger charge is -2.34. The van der Waals surface area contributed by atoms with Gasteiger partial charge in [0, 0.05) is 32.1 Å². The summed E-state index contributed by atoms with van der Waals surface area (Å²) in [6.45, 7) is 7.44. The standard InChI is InChI=1S/C16H27N5O/c1-2-20-13-17-18-16(20)14-7-6-8-19(11-14)12-15(22)21-9-4-3-5-10-21/h13-14H,2-12H2,1H3/t14-/m0/s1. The van der Waals surface area contributed by atoms with E-state index < -0.39 is 0 Å². The third-order valence-electron chi connectivity index (χ3n) is 4.92. The van der Waals surface area contributed by atoms with Gasteiger partial charge in [-0.3, -0.25) is 9.69 Å². The molecule has 6 heteroatoms. The van der Waals surface area contributed by atoms with Crippen molar-refractivity contribution in [3.05, 3.63) is 12.2 Å². The van der Waals surface area contributed by atoms with Crippen molar-refractivity contribution in [1.82, 2.24) is 24.6 Å². The molecule has 6 nitrogen and oxygen atoms in total. The minimum Gasteiger partial charge on any atom is -0.342 e. The minimum atomic E-state index is 0.303. The Balaban J connectivity index is 1.57. The first-order valence-electron chi connectivity index (χ1n) is 8.65. The zero-order chi connectivity index (χ0) is 15.4. The molecule has 0 radical (unpaired) electrons. The van der Waals surface area contributed by atoms with Crippen LogP contribution in [0.2, 0.25) is 0 Å². The number of likely N-dealkylation sites (tertiary alicyclic amines) is 2. The molecule has 122 valence electrons. The Morgan fingerprint density at radius 1 is 1.23 bits per heavy atom. The van der Waals surface area contributed by atoms with Gasteiger partial charge in [-0.05, 0) is 45.6 Å². The van der Waals surface area contributed by atoms with E-state index in [-0.39, 0.29) is 0 Å². The Hall–Kier alpha value is -1.43. The monoisotopic (exact) mass is 305 g/mol. The van der Waals surface area contributed by atoms with E-state index in [2.05, 4.69) is 26.6 Å². The molecular formula is C16H27N5O. The van der Waals surface area contributed by atoms with Crippen LogP contribution >= 0.6 is 0 Å². The SMILES string of the molecule is CCn1cnnc1[C@H]1CCCN(CC(=O)N2CCCCC2)C1. The quantitative estimate of drug-likeness (QED) is 0.846. The van der Waals surface area contributed by atoms with Gasteiger partial charge in [0.2, 0.25) is 5.91 Å². The predicted octanol–water partition coefficient (Wildman–Crippen LogP) is 1.49. The Morgan fingerprint density at radius 2 is 2.05 bits per heavy atom. The molecule has 1 atom stereocenters. The average molecular weight is 305 g/mol. The molecule has 2 fully saturated rings. The summed E-state index contributed by atoms with van der Waals surface area (Å²) in [6, 6.07) is 0. The van der Waals surface area contributed by atoms with Crippen molar-refractivity contribution in [3.63, 3.8) is 0 Å². The largest absolute Gasteiger partial charge is 0.342 e. The molecule has 3 heterocycles. The zero-order valence-corrected chi connectivity index (χ0v) is 13.6. The second-order valence-corrected chi connectivity index (χ2v) is 6.49. The fourth-order valence-electron chi connectivity index (χ4n) is 3.67. The van der Waals surface area contributed by atoms with E-state index in [0.717, 1.165) is 64.2 Å². The number of carbonyl (C=O) groups excluding carboxylic acids is 1. The second-order valence-electron chi connectivity index (χ2n) is 6.49. The van der Waals surface area contributed by atoms with Crippen molar-refractivity contribution in [2.24, 2.45) is 0 Å². The van der Waals surface area contributed by atoms with E-state index in [1.165, 1.54) is 6.42 Å². The maximum Gasteiger partial charge on any atom is 0.236 e. The van der Waals surface area contributed by atoms with Crippen LogP contribution in [0.15, 0.2) is 6.33 Å². The number of nitrogens with zero attached hydrogens (tertiary/aromatic N) is 5. The van der Waals surface area contributed by atoms with Crippen molar-refractivity contribution >= 4 is 5.91 Å². The second kappa shape index (κ2) is 7.22. The number of hydrogen-bond donors (Lipinski definition) is 0. The molecule has 3 rings (SSSR count). The fraction of sp³-hybridized carbons (Fsp3) is 0.812. The third kappa shape index (κ3) is 3.48. The highest BCUT2D eigenvalue weighted by molar-refractivity contribution is 5.78. The lowest BCUT2D eigenvalue weighted by molar-refractivity contribution is -0.133. The van der Waals surface area contributed by atoms with Crippen molar-refractivity contribution in [2.75, 3.05) is 32.7 Å². The van der Waals surface area contributed by atoms with Gasteiger partial charge in [-0.25, -0.2) is 0 Å². The molecule has 2 aliphatic rings. The molecule has 1 aromatic heterocycles. The van der Waals surface area contributed by atoms with Crippen LogP contribution in [0.4, 0.5) is 0 Å². The minimum absolute atomic E-state index is 0.303. The normalized spacial score (nSPS) is 23.7. The molecule has 0 unspecified atom stereocenters. The molecule has 0 bridgehead atoms. The van der Waals surface area contributed by atoms with Crippen molar-refractivity contribution in [2.45, 2.75) is 51.5 Å². The van der Waals surface area contributed by atoms with Gasteiger partial charge in [0.1, 0.15) is 12.2 Å². The smallest absolute Gasteiger partial charge is 0.236 e. The molecule has 0 N–H and O–H groups in total. The summed E-state index contributed by atoms with van der Waals surface area (Å²) in [7, 11) is 0. The summed E-state index contributed by atoms with van der Waals surface area (Å²) >= 11 is 0. The van der Waals surface area contributed by atoms with Crippen LogP contribution in [0, 0.1) is 0 Å². The maximum atomic E-state index is 12.4. The highest BCUT2D eigenvalue weighted by Crippen LogP contribution is 2.25. The molecule has 1 aromatic rings. The van der Waals surface area contributed by atoms with E-state index in [1.807, 2.05) is 11.2 Å². The maximum absolute atomic E-state index is 12.4. The van der Waals surface area contributed by atoms with Crippen LogP contribution in [0.3, 0.4) is 0 Å². The Labute approximate surface area is 132 Å². The number of hydrogen-bond acceptors (Lipinski definition) is 4. The summed E-state index contributed by atoms with van der Waals surface area (Å²) in [6.07, 6.45) is 7.68. The molecule has 0 aliphatic carbocycles. The first-order chi connectivity index (χ1) is 10.8. The van der Waals surface area contributed by atoms with Crippen molar-refractivity contribution in [1.29, 1.82) is 0 Å². The van der Waals surface area contributed by atoms with Gasteiger partial charge in [-0.2, -0.15) is 0 Å². The molecule has 2 aliphatic heterocycles. The first kappa shape index (κ1) is 15.5. The van der Waals surface area contributed by atoms with Gasteiger partial charge in [-0.15, -0.1) is 10.2 Å². The van der Waals surface area contributed by atoms with Crippen LogP contribution in [-0.2, 0) is 11.3 Å². The van der Waals surface area contributed by atoms with Crippen molar-refractivity contribution < 1.29 is 4.79 Å². The molecule has 0 spiro atoms. The molecule has 0 saturated carbocycles. The predicted molar refractivity (Wildman–Crippen MR) is 84.5 cm³/mol. The van der Waals surface area contributed by atoms with E-state index in [1.54, 1.807) is 0 Å². The van der Waals surface area contributed by atoms with Crippen LogP contribution in [0.25, 0.3) is 0 Å². The summed E-state index contributed by atoms with van der Waals surface area (Å²) in [4.78, 5) is 16.8. The van der Waals surface area contributed by atoms with Gasteiger partial charge in [0.15, 0.2) is 0 Å². The van der Waals surface area contributed by atoms with Crippen molar-refractivity contribution in [3.8, 4) is 0 Å². The number of aromatic nitrogens is 3. The van der Waals surface area contributed by atoms with Gasteiger partial charge in [-0.1, -0.05) is 0 Å². The Morgan fingerprint density at radius 3 is 2.82 bits per heavy atom. The van der Waals surface area contributed by atoms with Crippen LogP contribution in [-0.4, -0.2) is 63.2 Å². The van der Waals surface area contributed by atoms with Gasteiger partial charge < -0.3 is 9.47 Å². The fourth-order valence-corrected chi connectivity index (χ4v) is 3.67. The van der Waals surface area contributed by atoms with E-state index >= 15 is 0 Å². The molecule has 1 amide bonds. The number of amides is 1. The van der Waals surface area contributed by atoms with Gasteiger partial charge in [0.25, 0.3) is 0 Å². The first-order valence-corrected chi connectivity index (χ1v) is 8.65. The Bertz CT molecular complexity index is 494. The highest BCUT2D eigenvalue weighted by Gasteiger charge is 2.27. The lowest BCUT2D eigenvalue weighted by Crippen LogP contribution is -2.45. The van der Waals surface area contributed by atoms with E-state index in [0.29, 0.717) is 18.4 Å². The molecule has 2 saturated heterocycles. The summed E-state index contributed by atoms with van der Waals surface area (Å²) < 4.78 is 2.13. The molecular weight excluding hydrogens is 278 g/mol. The lowest BCUT2D eigenvalue weighted by atomic mass is 9.97. The van der Waals surface area contributed by atoms with E-state index in [4.69, 9.17) is 0 Å². The topological polar surface area (TPSA) is 54.3 Å². The number of carbonyl (C=O) groups is 1. The summed E-state index contributed by atoms with van der Waals surface area (Å²) in [5, 5.41) is 8.35. The number of piperidine rings is 2. The van der Waals surface area contributed by atoms with E-state index in [9.17, 15) is 4.79 Å².